The monoisotopic (exact) mass is 204 g/mol. The number of ether oxygens (including phenoxy) is 1. The Kier molecular flexibility index (Phi) is 8.51. The fraction of sp³-hybridized carbons (Fsp3) is 0.889. The van der Waals surface area contributed by atoms with Gasteiger partial charge >= 0.3 is 0 Å². The van der Waals surface area contributed by atoms with E-state index in [9.17, 15) is 4.79 Å². The largest absolute Gasteiger partial charge is 0.378 e. The predicted octanol–water partition coefficient (Wildman–Crippen LogP) is 0.0556. The Bertz CT molecular complexity index is 151. The summed E-state index contributed by atoms with van der Waals surface area (Å²) in [7, 11) is 0. The molecular formula is C9H20N2O3. The highest BCUT2D eigenvalue weighted by Crippen LogP contribution is 1.89. The zero-order valence-electron chi connectivity index (χ0n) is 8.91. The van der Waals surface area contributed by atoms with E-state index in [1.54, 1.807) is 0 Å². The average molecular weight is 204 g/mol. The normalized spacial score (nSPS) is 10.6. The standard InChI is InChI=1S/C9H20N2O3/c1-8(2)7-11-9(12)3-4-13-5-6-14-10/h8H,3-7,10H2,1-2H3,(H,11,12). The van der Waals surface area contributed by atoms with Gasteiger partial charge in [-0.3, -0.25) is 4.79 Å². The molecule has 0 bridgehead atoms. The fourth-order valence-electron chi connectivity index (χ4n) is 0.780. The molecule has 5 nitrogen and oxygen atoms in total. The summed E-state index contributed by atoms with van der Waals surface area (Å²) in [4.78, 5) is 15.4. The predicted molar refractivity (Wildman–Crippen MR) is 53.4 cm³/mol. The lowest BCUT2D eigenvalue weighted by molar-refractivity contribution is -0.122. The number of nitrogens with two attached hydrogens (primary N) is 1. The van der Waals surface area contributed by atoms with Crippen LogP contribution in [0.25, 0.3) is 0 Å². The third-order valence-electron chi connectivity index (χ3n) is 1.53. The lowest BCUT2D eigenvalue weighted by Crippen LogP contribution is -2.28. The Morgan fingerprint density at radius 1 is 1.36 bits per heavy atom. The summed E-state index contributed by atoms with van der Waals surface area (Å²) < 4.78 is 5.09. The van der Waals surface area contributed by atoms with Gasteiger partial charge < -0.3 is 14.9 Å². The summed E-state index contributed by atoms with van der Waals surface area (Å²) in [6.45, 7) is 6.00. The van der Waals surface area contributed by atoms with Crippen LogP contribution in [0.1, 0.15) is 20.3 Å². The Labute approximate surface area is 84.9 Å². The van der Waals surface area contributed by atoms with Crippen LogP contribution in [-0.4, -0.2) is 32.3 Å². The molecule has 0 saturated heterocycles. The maximum absolute atomic E-state index is 11.1. The Balaban J connectivity index is 3.18. The van der Waals surface area contributed by atoms with Crippen LogP contribution in [0.15, 0.2) is 0 Å². The lowest BCUT2D eigenvalue weighted by atomic mass is 10.2. The molecule has 0 aromatic heterocycles. The van der Waals surface area contributed by atoms with Crippen LogP contribution in [0.3, 0.4) is 0 Å². The summed E-state index contributed by atoms with van der Waals surface area (Å²) >= 11 is 0. The van der Waals surface area contributed by atoms with Gasteiger partial charge in [0, 0.05) is 13.0 Å². The van der Waals surface area contributed by atoms with Crippen LogP contribution in [0, 0.1) is 5.92 Å². The van der Waals surface area contributed by atoms with Gasteiger partial charge in [-0.1, -0.05) is 13.8 Å². The average Bonchev–Trinajstić information content (AvgIpc) is 2.14. The molecule has 0 fully saturated rings. The van der Waals surface area contributed by atoms with Gasteiger partial charge in [0.25, 0.3) is 0 Å². The third kappa shape index (κ3) is 9.44. The molecule has 0 saturated carbocycles. The smallest absolute Gasteiger partial charge is 0.222 e. The minimum absolute atomic E-state index is 0.0207. The number of hydrogen-bond acceptors (Lipinski definition) is 4. The van der Waals surface area contributed by atoms with E-state index in [1.807, 2.05) is 0 Å². The number of carbonyl (C=O) groups excluding carboxylic acids is 1. The van der Waals surface area contributed by atoms with Crippen LogP contribution in [-0.2, 0) is 14.4 Å². The zero-order chi connectivity index (χ0) is 10.8. The first kappa shape index (κ1) is 13.4. The van der Waals surface area contributed by atoms with E-state index >= 15 is 0 Å². The second-order valence-corrected chi connectivity index (χ2v) is 3.43. The van der Waals surface area contributed by atoms with Crippen molar-refractivity contribution in [1.29, 1.82) is 0 Å². The van der Waals surface area contributed by atoms with Crippen molar-refractivity contribution in [2.75, 3.05) is 26.4 Å². The molecule has 0 aliphatic carbocycles. The molecule has 84 valence electrons. The van der Waals surface area contributed by atoms with E-state index in [2.05, 4.69) is 24.0 Å². The van der Waals surface area contributed by atoms with E-state index in [-0.39, 0.29) is 5.91 Å². The molecular weight excluding hydrogens is 184 g/mol. The first-order valence-corrected chi connectivity index (χ1v) is 4.83. The highest BCUT2D eigenvalue weighted by Gasteiger charge is 2.01. The summed E-state index contributed by atoms with van der Waals surface area (Å²) in [5, 5.41) is 2.80. The first-order valence-electron chi connectivity index (χ1n) is 4.83. The molecule has 0 atom stereocenters. The van der Waals surface area contributed by atoms with Crippen LogP contribution in [0.5, 0.6) is 0 Å². The van der Waals surface area contributed by atoms with Gasteiger partial charge in [-0.25, -0.2) is 5.90 Å². The van der Waals surface area contributed by atoms with Crippen molar-refractivity contribution < 1.29 is 14.4 Å². The quantitative estimate of drug-likeness (QED) is 0.433. The summed E-state index contributed by atoms with van der Waals surface area (Å²) in [6.07, 6.45) is 0.386. The Morgan fingerprint density at radius 2 is 2.07 bits per heavy atom. The topological polar surface area (TPSA) is 73.6 Å². The van der Waals surface area contributed by atoms with Gasteiger partial charge in [-0.15, -0.1) is 0 Å². The maximum Gasteiger partial charge on any atom is 0.222 e. The summed E-state index contributed by atoms with van der Waals surface area (Å²) in [5.41, 5.74) is 0. The van der Waals surface area contributed by atoms with Crippen molar-refractivity contribution in [3.05, 3.63) is 0 Å². The molecule has 0 heterocycles. The van der Waals surface area contributed by atoms with E-state index in [1.165, 1.54) is 0 Å². The van der Waals surface area contributed by atoms with E-state index in [0.717, 1.165) is 0 Å². The summed E-state index contributed by atoms with van der Waals surface area (Å²) in [6, 6.07) is 0. The summed E-state index contributed by atoms with van der Waals surface area (Å²) in [5.74, 6) is 5.29. The molecule has 0 aliphatic heterocycles. The fourth-order valence-corrected chi connectivity index (χ4v) is 0.780. The van der Waals surface area contributed by atoms with Crippen LogP contribution in [0.2, 0.25) is 0 Å². The molecule has 0 radical (unpaired) electrons. The molecule has 0 spiro atoms. The van der Waals surface area contributed by atoms with E-state index in [4.69, 9.17) is 10.6 Å². The van der Waals surface area contributed by atoms with Crippen molar-refractivity contribution in [2.45, 2.75) is 20.3 Å². The molecule has 0 rings (SSSR count). The van der Waals surface area contributed by atoms with Gasteiger partial charge in [-0.2, -0.15) is 0 Å². The van der Waals surface area contributed by atoms with Crippen molar-refractivity contribution in [2.24, 2.45) is 11.8 Å². The first-order chi connectivity index (χ1) is 6.66. The highest BCUT2D eigenvalue weighted by atomic mass is 16.6. The third-order valence-corrected chi connectivity index (χ3v) is 1.53. The lowest BCUT2D eigenvalue weighted by Gasteiger charge is -2.07. The maximum atomic E-state index is 11.1. The molecule has 0 unspecified atom stereocenters. The van der Waals surface area contributed by atoms with E-state index < -0.39 is 0 Å². The number of rotatable bonds is 8. The number of hydrogen-bond donors (Lipinski definition) is 2. The van der Waals surface area contributed by atoms with Gasteiger partial charge in [0.2, 0.25) is 5.91 Å². The van der Waals surface area contributed by atoms with Crippen molar-refractivity contribution in [1.82, 2.24) is 5.32 Å². The molecule has 0 aromatic rings. The van der Waals surface area contributed by atoms with Crippen molar-refractivity contribution in [3.63, 3.8) is 0 Å². The van der Waals surface area contributed by atoms with E-state index in [0.29, 0.717) is 38.7 Å². The van der Waals surface area contributed by atoms with Crippen LogP contribution < -0.4 is 11.2 Å². The Morgan fingerprint density at radius 3 is 2.64 bits per heavy atom. The highest BCUT2D eigenvalue weighted by molar-refractivity contribution is 5.75. The molecule has 14 heavy (non-hydrogen) atoms. The SMILES string of the molecule is CC(C)CNC(=O)CCOCCON. The van der Waals surface area contributed by atoms with Crippen LogP contribution >= 0.6 is 0 Å². The van der Waals surface area contributed by atoms with Gasteiger partial charge in [0.15, 0.2) is 0 Å². The number of carbonyl (C=O) groups is 1. The van der Waals surface area contributed by atoms with Crippen LogP contribution in [0.4, 0.5) is 0 Å². The van der Waals surface area contributed by atoms with Gasteiger partial charge in [0.05, 0.1) is 19.8 Å². The van der Waals surface area contributed by atoms with Gasteiger partial charge in [0.1, 0.15) is 0 Å². The second-order valence-electron chi connectivity index (χ2n) is 3.43. The molecule has 5 heteroatoms. The van der Waals surface area contributed by atoms with Crippen molar-refractivity contribution >= 4 is 5.91 Å². The Hall–Kier alpha value is -0.650. The molecule has 1 amide bonds. The minimum Gasteiger partial charge on any atom is -0.378 e. The molecule has 3 N–H and O–H groups in total. The molecule has 0 aliphatic rings. The second kappa shape index (κ2) is 8.93. The van der Waals surface area contributed by atoms with Crippen molar-refractivity contribution in [3.8, 4) is 0 Å². The number of amides is 1. The van der Waals surface area contributed by atoms with Gasteiger partial charge in [-0.05, 0) is 5.92 Å². The number of nitrogens with one attached hydrogen (secondary N) is 1. The molecule has 0 aromatic carbocycles. The zero-order valence-corrected chi connectivity index (χ0v) is 8.91. The minimum atomic E-state index is 0.0207.